The van der Waals surface area contributed by atoms with Gasteiger partial charge in [0.25, 0.3) is 0 Å². The third-order valence-electron chi connectivity index (χ3n) is 4.11. The predicted molar refractivity (Wildman–Crippen MR) is 104 cm³/mol. The minimum Gasteiger partial charge on any atom is -0.468 e. The van der Waals surface area contributed by atoms with Crippen molar-refractivity contribution in [1.82, 2.24) is 20.5 Å². The molecule has 25 heavy (non-hydrogen) atoms. The first-order chi connectivity index (χ1) is 12.2. The van der Waals surface area contributed by atoms with Crippen molar-refractivity contribution in [3.63, 3.8) is 0 Å². The lowest BCUT2D eigenvalue weighted by Crippen LogP contribution is -2.43. The first-order valence-corrected chi connectivity index (χ1v) is 9.62. The first kappa shape index (κ1) is 19.5. The second-order valence-electron chi connectivity index (χ2n) is 5.75. The zero-order valence-electron chi connectivity index (χ0n) is 15.6. The highest BCUT2D eigenvalue weighted by atomic mass is 32.1. The smallest absolute Gasteiger partial charge is 0.191 e. The molecule has 0 aliphatic heterocycles. The lowest BCUT2D eigenvalue weighted by atomic mass is 10.2. The van der Waals surface area contributed by atoms with Gasteiger partial charge in [-0.05, 0) is 32.1 Å². The lowest BCUT2D eigenvalue weighted by molar-refractivity contribution is 0.193. The lowest BCUT2D eigenvalue weighted by Gasteiger charge is -2.28. The van der Waals surface area contributed by atoms with Crippen molar-refractivity contribution < 1.29 is 4.42 Å². The molecule has 2 N–H and O–H groups in total. The van der Waals surface area contributed by atoms with Gasteiger partial charge in [-0.2, -0.15) is 0 Å². The van der Waals surface area contributed by atoms with Crippen LogP contribution in [-0.4, -0.2) is 49.1 Å². The standard InChI is InChI=1S/C18H29N5OS/c1-5-23(6-2)15(16-8-7-11-24-16)13-22-18(19-4)20-10-9-17-21-12-14(3)25-17/h7-8,11-12,15H,5-6,9-10,13H2,1-4H3,(H2,19,20,22). The number of hydrogen-bond acceptors (Lipinski definition) is 5. The van der Waals surface area contributed by atoms with Crippen molar-refractivity contribution in [3.05, 3.63) is 40.2 Å². The molecule has 6 nitrogen and oxygen atoms in total. The molecule has 7 heteroatoms. The van der Waals surface area contributed by atoms with Crippen molar-refractivity contribution >= 4 is 17.3 Å². The average molecular weight is 364 g/mol. The van der Waals surface area contributed by atoms with E-state index < -0.39 is 0 Å². The monoisotopic (exact) mass is 363 g/mol. The molecule has 0 saturated heterocycles. The molecule has 0 fully saturated rings. The van der Waals surface area contributed by atoms with E-state index in [1.54, 1.807) is 24.6 Å². The van der Waals surface area contributed by atoms with Crippen LogP contribution in [0.2, 0.25) is 0 Å². The maximum atomic E-state index is 5.64. The van der Waals surface area contributed by atoms with Crippen LogP contribution in [0, 0.1) is 6.92 Å². The molecule has 0 aromatic carbocycles. The van der Waals surface area contributed by atoms with Crippen LogP contribution in [0.5, 0.6) is 0 Å². The topological polar surface area (TPSA) is 65.7 Å². The highest BCUT2D eigenvalue weighted by Gasteiger charge is 2.20. The largest absolute Gasteiger partial charge is 0.468 e. The zero-order valence-corrected chi connectivity index (χ0v) is 16.4. The van der Waals surface area contributed by atoms with Gasteiger partial charge in [0.1, 0.15) is 5.76 Å². The molecule has 138 valence electrons. The number of aliphatic imine (C=N–C) groups is 1. The summed E-state index contributed by atoms with van der Waals surface area (Å²) < 4.78 is 5.64. The molecular weight excluding hydrogens is 334 g/mol. The molecule has 0 radical (unpaired) electrons. The summed E-state index contributed by atoms with van der Waals surface area (Å²) in [6, 6.07) is 4.16. The highest BCUT2D eigenvalue weighted by Crippen LogP contribution is 2.20. The van der Waals surface area contributed by atoms with E-state index >= 15 is 0 Å². The molecule has 0 aliphatic carbocycles. The molecule has 2 aromatic rings. The van der Waals surface area contributed by atoms with E-state index in [0.29, 0.717) is 0 Å². The van der Waals surface area contributed by atoms with E-state index in [-0.39, 0.29) is 6.04 Å². The Balaban J connectivity index is 1.86. The SMILES string of the molecule is CCN(CC)C(CNC(=NC)NCCc1ncc(C)s1)c1ccco1. The number of furan rings is 1. The summed E-state index contributed by atoms with van der Waals surface area (Å²) in [5.74, 6) is 1.78. The van der Waals surface area contributed by atoms with E-state index in [0.717, 1.165) is 49.3 Å². The van der Waals surface area contributed by atoms with Crippen LogP contribution in [0.25, 0.3) is 0 Å². The Morgan fingerprint density at radius 3 is 2.72 bits per heavy atom. The van der Waals surface area contributed by atoms with Crippen LogP contribution >= 0.6 is 11.3 Å². The van der Waals surface area contributed by atoms with Gasteiger partial charge in [-0.25, -0.2) is 4.98 Å². The van der Waals surface area contributed by atoms with E-state index in [2.05, 4.69) is 46.3 Å². The van der Waals surface area contributed by atoms with Gasteiger partial charge >= 0.3 is 0 Å². The molecule has 1 atom stereocenters. The first-order valence-electron chi connectivity index (χ1n) is 8.81. The molecule has 1 unspecified atom stereocenters. The molecule has 0 amide bonds. The minimum absolute atomic E-state index is 0.185. The average Bonchev–Trinajstić information content (AvgIpc) is 3.28. The summed E-state index contributed by atoms with van der Waals surface area (Å²) in [5.41, 5.74) is 0. The van der Waals surface area contributed by atoms with Crippen LogP contribution in [0.1, 0.15) is 35.5 Å². The van der Waals surface area contributed by atoms with Crippen molar-refractivity contribution in [2.24, 2.45) is 4.99 Å². The fraction of sp³-hybridized carbons (Fsp3) is 0.556. The number of aromatic nitrogens is 1. The van der Waals surface area contributed by atoms with E-state index in [1.165, 1.54) is 4.88 Å². The van der Waals surface area contributed by atoms with Gasteiger partial charge in [0.05, 0.1) is 17.3 Å². The Morgan fingerprint density at radius 2 is 2.16 bits per heavy atom. The summed E-state index contributed by atoms with van der Waals surface area (Å²) in [4.78, 5) is 12.3. The maximum Gasteiger partial charge on any atom is 0.191 e. The minimum atomic E-state index is 0.185. The number of hydrogen-bond donors (Lipinski definition) is 2. The maximum absolute atomic E-state index is 5.64. The number of rotatable bonds is 9. The van der Waals surface area contributed by atoms with Crippen molar-refractivity contribution in [2.45, 2.75) is 33.2 Å². The normalized spacial score (nSPS) is 13.2. The van der Waals surface area contributed by atoms with Crippen LogP contribution in [0.3, 0.4) is 0 Å². The Hall–Kier alpha value is -1.86. The number of aryl methyl sites for hydroxylation is 1. The summed E-state index contributed by atoms with van der Waals surface area (Å²) >= 11 is 1.74. The molecule has 0 aliphatic rings. The number of nitrogens with one attached hydrogen (secondary N) is 2. The molecule has 0 spiro atoms. The molecule has 2 heterocycles. The van der Waals surface area contributed by atoms with Gasteiger partial charge in [-0.15, -0.1) is 11.3 Å². The zero-order chi connectivity index (χ0) is 18.1. The van der Waals surface area contributed by atoms with Gasteiger partial charge in [-0.1, -0.05) is 13.8 Å². The quantitative estimate of drug-likeness (QED) is 0.530. The van der Waals surface area contributed by atoms with Gasteiger partial charge in [0, 0.05) is 37.6 Å². The number of likely N-dealkylation sites (N-methyl/N-ethyl adjacent to an activating group) is 1. The van der Waals surface area contributed by atoms with E-state index in [9.17, 15) is 0 Å². The van der Waals surface area contributed by atoms with Crippen molar-refractivity contribution in [2.75, 3.05) is 33.2 Å². The Kier molecular flexibility index (Phi) is 7.94. The molecule has 0 bridgehead atoms. The number of thiazole rings is 1. The molecule has 2 rings (SSSR count). The number of guanidine groups is 1. The third kappa shape index (κ3) is 5.86. The Morgan fingerprint density at radius 1 is 1.36 bits per heavy atom. The molecule has 0 saturated carbocycles. The van der Waals surface area contributed by atoms with Gasteiger partial charge in [0.2, 0.25) is 0 Å². The Bertz CT molecular complexity index is 634. The number of nitrogens with zero attached hydrogens (tertiary/aromatic N) is 3. The summed E-state index contributed by atoms with van der Waals surface area (Å²) in [5, 5.41) is 7.93. The van der Waals surface area contributed by atoms with Crippen LogP contribution < -0.4 is 10.6 Å². The van der Waals surface area contributed by atoms with Crippen molar-refractivity contribution in [1.29, 1.82) is 0 Å². The van der Waals surface area contributed by atoms with Gasteiger partial charge < -0.3 is 15.1 Å². The summed E-state index contributed by atoms with van der Waals surface area (Å²) in [6.45, 7) is 9.91. The van der Waals surface area contributed by atoms with Gasteiger partial charge in [-0.3, -0.25) is 9.89 Å². The van der Waals surface area contributed by atoms with E-state index in [4.69, 9.17) is 4.42 Å². The van der Waals surface area contributed by atoms with Crippen LogP contribution in [0.15, 0.2) is 34.0 Å². The van der Waals surface area contributed by atoms with E-state index in [1.807, 2.05) is 18.3 Å². The highest BCUT2D eigenvalue weighted by molar-refractivity contribution is 7.11. The van der Waals surface area contributed by atoms with Crippen LogP contribution in [-0.2, 0) is 6.42 Å². The second-order valence-corrected chi connectivity index (χ2v) is 7.07. The molecule has 2 aromatic heterocycles. The summed E-state index contributed by atoms with van der Waals surface area (Å²) in [6.07, 6.45) is 4.55. The third-order valence-corrected chi connectivity index (χ3v) is 5.08. The Labute approximate surface area is 154 Å². The fourth-order valence-corrected chi connectivity index (χ4v) is 3.56. The fourth-order valence-electron chi connectivity index (χ4n) is 2.77. The second kappa shape index (κ2) is 10.2. The van der Waals surface area contributed by atoms with Crippen LogP contribution in [0.4, 0.5) is 0 Å². The predicted octanol–water partition coefficient (Wildman–Crippen LogP) is 2.84. The summed E-state index contributed by atoms with van der Waals surface area (Å²) in [7, 11) is 1.79. The molecular formula is C18H29N5OS. The van der Waals surface area contributed by atoms with Gasteiger partial charge in [0.15, 0.2) is 5.96 Å². The van der Waals surface area contributed by atoms with Crippen molar-refractivity contribution in [3.8, 4) is 0 Å².